The largest absolute Gasteiger partial charge is 0.497 e. The summed E-state index contributed by atoms with van der Waals surface area (Å²) in [4.78, 5) is 28.4. The zero-order valence-corrected chi connectivity index (χ0v) is 25.5. The van der Waals surface area contributed by atoms with E-state index in [0.29, 0.717) is 11.4 Å². The number of rotatable bonds is 9. The van der Waals surface area contributed by atoms with Gasteiger partial charge in [0.2, 0.25) is 10.0 Å². The molecule has 1 saturated carbocycles. The summed E-state index contributed by atoms with van der Waals surface area (Å²) in [6.45, 7) is 3.60. The molecule has 1 aliphatic heterocycles. The van der Waals surface area contributed by atoms with E-state index >= 15 is 0 Å². The number of fused-ring (bicyclic) bond motifs is 1. The number of carbonyl (C=O) groups is 2. The Hall–Kier alpha value is -3.35. The molecular formula is C30H42N4O7S. The highest BCUT2D eigenvalue weighted by Gasteiger charge is 2.36. The number of amides is 3. The number of carbonyl (C=O) groups excluding carboxylic acids is 2. The van der Waals surface area contributed by atoms with Gasteiger partial charge in [0.05, 0.1) is 42.4 Å². The van der Waals surface area contributed by atoms with Crippen molar-refractivity contribution in [3.63, 3.8) is 0 Å². The molecule has 0 bridgehead atoms. The molecule has 3 amide bonds. The molecule has 0 saturated heterocycles. The average molecular weight is 603 g/mol. The predicted octanol–water partition coefficient (Wildman–Crippen LogP) is 3.69. The zero-order valence-electron chi connectivity index (χ0n) is 24.7. The summed E-state index contributed by atoms with van der Waals surface area (Å²) in [5.74, 6) is 0.0462. The lowest BCUT2D eigenvalue weighted by atomic mass is 9.96. The fourth-order valence-corrected chi connectivity index (χ4v) is 6.61. The van der Waals surface area contributed by atoms with Crippen molar-refractivity contribution in [1.29, 1.82) is 0 Å². The monoisotopic (exact) mass is 602 g/mol. The summed E-state index contributed by atoms with van der Waals surface area (Å²) in [6.07, 6.45) is 4.43. The number of aliphatic hydroxyl groups excluding tert-OH is 1. The Morgan fingerprint density at radius 2 is 1.86 bits per heavy atom. The van der Waals surface area contributed by atoms with Crippen LogP contribution in [-0.2, 0) is 10.0 Å². The number of para-hydroxylation sites is 1. The Balaban J connectivity index is 1.65. The van der Waals surface area contributed by atoms with Gasteiger partial charge in [-0.2, -0.15) is 4.31 Å². The van der Waals surface area contributed by atoms with Crippen LogP contribution >= 0.6 is 0 Å². The number of benzene rings is 2. The van der Waals surface area contributed by atoms with Crippen molar-refractivity contribution in [2.45, 2.75) is 69.0 Å². The first kappa shape index (κ1) is 31.6. The zero-order chi connectivity index (χ0) is 30.4. The molecule has 42 heavy (non-hydrogen) atoms. The number of hydrogen-bond donors (Lipinski definition) is 3. The van der Waals surface area contributed by atoms with E-state index in [1.165, 1.54) is 30.6 Å². The fraction of sp³-hybridized carbons (Fsp3) is 0.533. The standard InChI is InChI=1S/C30H42N4O7S/c1-20-17-34(21(2)19-35)29(36)25-11-8-12-26(32-30(37)31-22-9-6-5-7-10-22)28(25)41-27(20)18-33(3)42(38,39)24-15-13-23(40-4)14-16-24/h8,11-16,20-22,27,35H,5-7,9-10,17-19H2,1-4H3,(H2,31,32,37)/t20-,21+,27-/m0/s1. The SMILES string of the molecule is COc1ccc(S(=O)(=O)N(C)C[C@@H]2Oc3c(NC(=O)NC4CCCCC4)cccc3C(=O)N([C@H](C)CO)C[C@@H]2C)cc1. The molecule has 0 spiro atoms. The van der Waals surface area contributed by atoms with E-state index in [4.69, 9.17) is 9.47 Å². The van der Waals surface area contributed by atoms with Crippen molar-refractivity contribution in [3.05, 3.63) is 48.0 Å². The highest BCUT2D eigenvalue weighted by atomic mass is 32.2. The summed E-state index contributed by atoms with van der Waals surface area (Å²) < 4.78 is 39.7. The lowest BCUT2D eigenvalue weighted by Gasteiger charge is -2.38. The average Bonchev–Trinajstić information content (AvgIpc) is 2.99. The molecule has 11 nitrogen and oxygen atoms in total. The van der Waals surface area contributed by atoms with Crippen molar-refractivity contribution in [1.82, 2.24) is 14.5 Å². The molecule has 230 valence electrons. The van der Waals surface area contributed by atoms with Gasteiger partial charge in [0.25, 0.3) is 5.91 Å². The number of anilines is 1. The summed E-state index contributed by atoms with van der Waals surface area (Å²) in [5, 5.41) is 15.8. The number of ether oxygens (including phenoxy) is 2. The van der Waals surface area contributed by atoms with Gasteiger partial charge in [-0.1, -0.05) is 32.3 Å². The molecule has 0 radical (unpaired) electrons. The number of aliphatic hydroxyl groups is 1. The number of urea groups is 1. The molecule has 4 rings (SSSR count). The van der Waals surface area contributed by atoms with Crippen LogP contribution in [0, 0.1) is 5.92 Å². The van der Waals surface area contributed by atoms with E-state index in [1.807, 2.05) is 6.92 Å². The van der Waals surface area contributed by atoms with Crippen LogP contribution < -0.4 is 20.1 Å². The van der Waals surface area contributed by atoms with Gasteiger partial charge in [0, 0.05) is 25.6 Å². The number of methoxy groups -OCH3 is 1. The second-order valence-corrected chi connectivity index (χ2v) is 13.2. The van der Waals surface area contributed by atoms with Crippen LogP contribution in [0.5, 0.6) is 11.5 Å². The van der Waals surface area contributed by atoms with Crippen LogP contribution in [-0.4, -0.2) is 86.7 Å². The quantitative estimate of drug-likeness (QED) is 0.398. The van der Waals surface area contributed by atoms with E-state index in [0.717, 1.165) is 32.1 Å². The maximum Gasteiger partial charge on any atom is 0.319 e. The minimum atomic E-state index is -3.88. The van der Waals surface area contributed by atoms with Crippen LogP contribution in [0.2, 0.25) is 0 Å². The first-order valence-corrected chi connectivity index (χ1v) is 15.9. The number of likely N-dealkylation sites (N-methyl/N-ethyl adjacent to an activating group) is 1. The molecule has 0 aromatic heterocycles. The third kappa shape index (κ3) is 7.16. The minimum absolute atomic E-state index is 0.0207. The normalized spacial score (nSPS) is 20.6. The van der Waals surface area contributed by atoms with E-state index in [1.54, 1.807) is 42.2 Å². The topological polar surface area (TPSA) is 138 Å². The first-order chi connectivity index (χ1) is 20.0. The number of hydrogen-bond acceptors (Lipinski definition) is 7. The van der Waals surface area contributed by atoms with E-state index in [9.17, 15) is 23.1 Å². The van der Waals surface area contributed by atoms with Gasteiger partial charge in [-0.25, -0.2) is 13.2 Å². The summed E-state index contributed by atoms with van der Waals surface area (Å²) in [6, 6.07) is 10.3. The predicted molar refractivity (Wildman–Crippen MR) is 159 cm³/mol. The third-order valence-corrected chi connectivity index (χ3v) is 9.92. The van der Waals surface area contributed by atoms with Crippen molar-refractivity contribution < 1.29 is 32.6 Å². The van der Waals surface area contributed by atoms with Crippen LogP contribution in [0.15, 0.2) is 47.4 Å². The van der Waals surface area contributed by atoms with Crippen LogP contribution in [0.1, 0.15) is 56.3 Å². The van der Waals surface area contributed by atoms with E-state index < -0.39 is 28.2 Å². The number of nitrogens with one attached hydrogen (secondary N) is 2. The Kier molecular flexibility index (Phi) is 10.3. The third-order valence-electron chi connectivity index (χ3n) is 8.08. The number of nitrogens with zero attached hydrogens (tertiary/aromatic N) is 2. The Labute approximate surface area is 248 Å². The van der Waals surface area contributed by atoms with Gasteiger partial charge in [-0.3, -0.25) is 4.79 Å². The van der Waals surface area contributed by atoms with Gasteiger partial charge in [0.15, 0.2) is 5.75 Å². The van der Waals surface area contributed by atoms with Crippen LogP contribution in [0.25, 0.3) is 0 Å². The smallest absolute Gasteiger partial charge is 0.319 e. The van der Waals surface area contributed by atoms with Gasteiger partial charge in [-0.15, -0.1) is 0 Å². The van der Waals surface area contributed by atoms with Gasteiger partial charge >= 0.3 is 6.03 Å². The molecule has 1 heterocycles. The second kappa shape index (κ2) is 13.7. The minimum Gasteiger partial charge on any atom is -0.497 e. The molecule has 3 atom stereocenters. The molecule has 2 aromatic rings. The van der Waals surface area contributed by atoms with Crippen LogP contribution in [0.3, 0.4) is 0 Å². The Bertz CT molecular complexity index is 1350. The molecule has 2 aromatic carbocycles. The van der Waals surface area contributed by atoms with Crippen molar-refractivity contribution >= 4 is 27.6 Å². The summed E-state index contributed by atoms with van der Waals surface area (Å²) in [7, 11) is -0.887. The molecule has 12 heteroatoms. The number of sulfonamides is 1. The molecule has 3 N–H and O–H groups in total. The molecule has 1 fully saturated rings. The molecule has 2 aliphatic rings. The molecular weight excluding hydrogens is 560 g/mol. The highest BCUT2D eigenvalue weighted by Crippen LogP contribution is 2.35. The molecule has 0 unspecified atom stereocenters. The Morgan fingerprint density at radius 1 is 1.17 bits per heavy atom. The van der Waals surface area contributed by atoms with Crippen molar-refractivity contribution in [2.24, 2.45) is 5.92 Å². The van der Waals surface area contributed by atoms with Crippen molar-refractivity contribution in [2.75, 3.05) is 39.2 Å². The van der Waals surface area contributed by atoms with Gasteiger partial charge in [0.1, 0.15) is 11.9 Å². The second-order valence-electron chi connectivity index (χ2n) is 11.2. The van der Waals surface area contributed by atoms with Gasteiger partial charge in [-0.05, 0) is 56.2 Å². The highest BCUT2D eigenvalue weighted by molar-refractivity contribution is 7.89. The Morgan fingerprint density at radius 3 is 2.50 bits per heavy atom. The lowest BCUT2D eigenvalue weighted by Crippen LogP contribution is -2.50. The first-order valence-electron chi connectivity index (χ1n) is 14.4. The summed E-state index contributed by atoms with van der Waals surface area (Å²) in [5.41, 5.74) is 0.536. The van der Waals surface area contributed by atoms with Crippen LogP contribution in [0.4, 0.5) is 10.5 Å². The molecule has 1 aliphatic carbocycles. The summed E-state index contributed by atoms with van der Waals surface area (Å²) >= 11 is 0. The maximum absolute atomic E-state index is 13.7. The van der Waals surface area contributed by atoms with Gasteiger partial charge < -0.3 is 30.1 Å². The van der Waals surface area contributed by atoms with Crippen molar-refractivity contribution in [3.8, 4) is 11.5 Å². The van der Waals surface area contributed by atoms with E-state index in [-0.39, 0.29) is 53.8 Å². The fourth-order valence-electron chi connectivity index (χ4n) is 5.43. The lowest BCUT2D eigenvalue weighted by molar-refractivity contribution is 0.0389. The van der Waals surface area contributed by atoms with E-state index in [2.05, 4.69) is 10.6 Å². The maximum atomic E-state index is 13.7.